The van der Waals surface area contributed by atoms with Crippen LogP contribution >= 0.6 is 72.6 Å². The topological polar surface area (TPSA) is 44.7 Å². The van der Waals surface area contributed by atoms with Crippen molar-refractivity contribution in [1.82, 2.24) is 10.2 Å². The van der Waals surface area contributed by atoms with Gasteiger partial charge in [0.1, 0.15) is 11.5 Å². The lowest BCUT2D eigenvalue weighted by molar-refractivity contribution is -0.274. The SMILES string of the molecule is Cl.Cl.Oc1c(Br)cc(Br)c([C@H](c2ccc(OC(F)(F)F)cc2)N2CCNCC2)c1Br. The zero-order chi connectivity index (χ0) is 20.5. The van der Waals surface area contributed by atoms with Gasteiger partial charge in [-0.2, -0.15) is 0 Å². The highest BCUT2D eigenvalue weighted by atomic mass is 79.9. The molecule has 0 saturated carbocycles. The fraction of sp³-hybridized carbons (Fsp3) is 0.333. The van der Waals surface area contributed by atoms with E-state index < -0.39 is 6.36 Å². The minimum Gasteiger partial charge on any atom is -0.506 e. The summed E-state index contributed by atoms with van der Waals surface area (Å²) in [4.78, 5) is 2.22. The molecule has 3 rings (SSSR count). The Morgan fingerprint density at radius 2 is 1.57 bits per heavy atom. The standard InChI is InChI=1S/C18H16Br3F3N2O2.2ClH/c19-12-9-13(20)17(27)15(21)14(12)16(26-7-5-25-6-8-26)10-1-3-11(4-2-10)28-18(22,23)24;;/h1-4,9,16,25,27H,5-8H2;2*1H/t16-;;/m0../s1. The summed E-state index contributed by atoms with van der Waals surface area (Å²) in [7, 11) is 0. The lowest BCUT2D eigenvalue weighted by Crippen LogP contribution is -2.45. The van der Waals surface area contributed by atoms with Gasteiger partial charge in [-0.15, -0.1) is 38.0 Å². The predicted molar refractivity (Wildman–Crippen MR) is 125 cm³/mol. The van der Waals surface area contributed by atoms with Gasteiger partial charge >= 0.3 is 6.36 Å². The maximum absolute atomic E-state index is 12.5. The minimum atomic E-state index is -4.73. The Bertz CT molecular complexity index is 852. The molecule has 0 spiro atoms. The number of hydrogen-bond acceptors (Lipinski definition) is 4. The average molecular weight is 662 g/mol. The fourth-order valence-electron chi connectivity index (χ4n) is 3.20. The summed E-state index contributed by atoms with van der Waals surface area (Å²) in [5.74, 6) is -0.206. The largest absolute Gasteiger partial charge is 0.573 e. The predicted octanol–water partition coefficient (Wildman–Crippen LogP) is 6.42. The third-order valence-corrected chi connectivity index (χ3v) is 6.46. The zero-order valence-corrected chi connectivity index (χ0v) is 21.6. The Hall–Kier alpha value is -0.230. The van der Waals surface area contributed by atoms with E-state index >= 15 is 0 Å². The number of phenolic OH excluding ortho intramolecular Hbond substituents is 1. The van der Waals surface area contributed by atoms with Crippen molar-refractivity contribution in [3.63, 3.8) is 0 Å². The average Bonchev–Trinajstić information content (AvgIpc) is 2.64. The number of hydrogen-bond donors (Lipinski definition) is 2. The van der Waals surface area contributed by atoms with Crippen LogP contribution in [0.4, 0.5) is 13.2 Å². The van der Waals surface area contributed by atoms with Crippen molar-refractivity contribution in [2.75, 3.05) is 26.2 Å². The van der Waals surface area contributed by atoms with Gasteiger partial charge in [0.15, 0.2) is 0 Å². The summed E-state index contributed by atoms with van der Waals surface area (Å²) in [5, 5.41) is 13.7. The van der Waals surface area contributed by atoms with Gasteiger partial charge in [0.2, 0.25) is 0 Å². The number of ether oxygens (including phenoxy) is 1. The van der Waals surface area contributed by atoms with Crippen LogP contribution in [0.2, 0.25) is 0 Å². The second kappa shape index (κ2) is 11.6. The third kappa shape index (κ3) is 6.63. The van der Waals surface area contributed by atoms with Crippen molar-refractivity contribution >= 4 is 72.6 Å². The Labute approximate surface area is 209 Å². The van der Waals surface area contributed by atoms with E-state index in [1.165, 1.54) is 12.1 Å². The lowest BCUT2D eigenvalue weighted by atomic mass is 9.96. The van der Waals surface area contributed by atoms with E-state index in [9.17, 15) is 18.3 Å². The number of halogens is 8. The number of nitrogens with zero attached hydrogens (tertiary/aromatic N) is 1. The second-order valence-corrected chi connectivity index (χ2v) is 8.72. The van der Waals surface area contributed by atoms with E-state index in [0.717, 1.165) is 41.8 Å². The highest BCUT2D eigenvalue weighted by Crippen LogP contribution is 2.45. The van der Waals surface area contributed by atoms with Crippen molar-refractivity contribution in [2.45, 2.75) is 12.4 Å². The van der Waals surface area contributed by atoms with Crippen molar-refractivity contribution in [2.24, 2.45) is 0 Å². The zero-order valence-electron chi connectivity index (χ0n) is 15.2. The smallest absolute Gasteiger partial charge is 0.506 e. The number of phenols is 1. The Balaban J connectivity index is 0.00000225. The third-order valence-electron chi connectivity index (χ3n) is 4.40. The summed E-state index contributed by atoms with van der Waals surface area (Å²) in [6.07, 6.45) is -4.73. The minimum absolute atomic E-state index is 0. The summed E-state index contributed by atoms with van der Waals surface area (Å²) >= 11 is 10.4. The first kappa shape index (κ1) is 27.8. The molecule has 2 aromatic carbocycles. The molecule has 30 heavy (non-hydrogen) atoms. The molecular weight excluding hydrogens is 644 g/mol. The van der Waals surface area contributed by atoms with E-state index in [1.807, 2.05) is 0 Å². The number of alkyl halides is 3. The number of benzene rings is 2. The van der Waals surface area contributed by atoms with Gasteiger partial charge in [0.25, 0.3) is 0 Å². The van der Waals surface area contributed by atoms with Crippen LogP contribution in [-0.4, -0.2) is 42.5 Å². The molecule has 1 fully saturated rings. The lowest BCUT2D eigenvalue weighted by Gasteiger charge is -2.36. The van der Waals surface area contributed by atoms with Crippen LogP contribution in [0.1, 0.15) is 17.2 Å². The molecule has 0 aromatic heterocycles. The summed E-state index contributed by atoms with van der Waals surface area (Å²) < 4.78 is 43.2. The molecule has 1 saturated heterocycles. The molecule has 0 bridgehead atoms. The molecule has 0 unspecified atom stereocenters. The van der Waals surface area contributed by atoms with Gasteiger partial charge in [-0.05, 0) is 55.6 Å². The molecule has 2 N–H and O–H groups in total. The first-order valence-corrected chi connectivity index (χ1v) is 10.7. The van der Waals surface area contributed by atoms with Crippen LogP contribution in [0.5, 0.6) is 11.5 Å². The highest BCUT2D eigenvalue weighted by Gasteiger charge is 2.32. The van der Waals surface area contributed by atoms with Crippen LogP contribution in [0.15, 0.2) is 43.7 Å². The molecule has 0 radical (unpaired) electrons. The van der Waals surface area contributed by atoms with E-state index in [-0.39, 0.29) is 42.4 Å². The van der Waals surface area contributed by atoms with E-state index in [2.05, 4.69) is 62.7 Å². The molecule has 1 atom stereocenters. The first-order valence-electron chi connectivity index (χ1n) is 8.34. The Morgan fingerprint density at radius 3 is 2.10 bits per heavy atom. The van der Waals surface area contributed by atoms with Crippen LogP contribution in [0, 0.1) is 0 Å². The van der Waals surface area contributed by atoms with Gasteiger partial charge in [0.05, 0.1) is 15.0 Å². The van der Waals surface area contributed by atoms with E-state index in [0.29, 0.717) is 8.95 Å². The fourth-order valence-corrected chi connectivity index (χ4v) is 5.75. The van der Waals surface area contributed by atoms with Crippen molar-refractivity contribution < 1.29 is 23.0 Å². The molecular formula is C18H18Br3Cl2F3N2O2. The Kier molecular flexibility index (Phi) is 10.7. The molecule has 0 amide bonds. The molecule has 1 aliphatic heterocycles. The molecule has 2 aromatic rings. The van der Waals surface area contributed by atoms with E-state index in [4.69, 9.17) is 0 Å². The van der Waals surface area contributed by atoms with Gasteiger partial charge in [-0.3, -0.25) is 4.90 Å². The molecule has 168 valence electrons. The quantitative estimate of drug-likeness (QED) is 0.398. The van der Waals surface area contributed by atoms with Crippen LogP contribution in [0.3, 0.4) is 0 Å². The number of rotatable bonds is 4. The van der Waals surface area contributed by atoms with Crippen LogP contribution in [0.25, 0.3) is 0 Å². The van der Waals surface area contributed by atoms with Crippen LogP contribution in [-0.2, 0) is 0 Å². The van der Waals surface area contributed by atoms with Gasteiger partial charge in [0, 0.05) is 36.2 Å². The summed E-state index contributed by atoms with van der Waals surface area (Å²) in [6.45, 7) is 3.09. The van der Waals surface area contributed by atoms with Crippen molar-refractivity contribution in [1.29, 1.82) is 0 Å². The normalized spacial score (nSPS) is 15.7. The van der Waals surface area contributed by atoms with Crippen molar-refractivity contribution in [3.05, 3.63) is 54.9 Å². The molecule has 4 nitrogen and oxygen atoms in total. The summed E-state index contributed by atoms with van der Waals surface area (Å²) in [5.41, 5.74) is 1.59. The maximum atomic E-state index is 12.5. The van der Waals surface area contributed by atoms with Gasteiger partial charge < -0.3 is 15.2 Å². The highest BCUT2D eigenvalue weighted by molar-refractivity contribution is 9.11. The van der Waals surface area contributed by atoms with Crippen LogP contribution < -0.4 is 10.1 Å². The first-order chi connectivity index (χ1) is 13.2. The van der Waals surface area contributed by atoms with E-state index in [1.54, 1.807) is 18.2 Å². The summed E-state index contributed by atoms with van der Waals surface area (Å²) in [6, 6.07) is 7.32. The van der Waals surface area contributed by atoms with Gasteiger partial charge in [-0.1, -0.05) is 28.1 Å². The van der Waals surface area contributed by atoms with Crippen molar-refractivity contribution in [3.8, 4) is 11.5 Å². The second-order valence-electron chi connectivity index (χ2n) is 6.22. The number of aromatic hydroxyl groups is 1. The molecule has 1 heterocycles. The Morgan fingerprint density at radius 1 is 1.00 bits per heavy atom. The number of piperazine rings is 1. The maximum Gasteiger partial charge on any atom is 0.573 e. The molecule has 1 aliphatic rings. The monoisotopic (exact) mass is 658 g/mol. The number of nitrogens with one attached hydrogen (secondary N) is 1. The molecule has 0 aliphatic carbocycles. The van der Waals surface area contributed by atoms with Gasteiger partial charge in [-0.25, -0.2) is 0 Å². The molecule has 12 heteroatoms.